The molecule has 0 unspecified atom stereocenters. The minimum absolute atomic E-state index is 0.0465. The van der Waals surface area contributed by atoms with Gasteiger partial charge in [0.2, 0.25) is 0 Å². The number of hydrogen-bond acceptors (Lipinski definition) is 6. The van der Waals surface area contributed by atoms with Gasteiger partial charge in [0.1, 0.15) is 0 Å². The zero-order valence-corrected chi connectivity index (χ0v) is 14.0. The van der Waals surface area contributed by atoms with Crippen LogP contribution in [0.5, 0.6) is 11.5 Å². The molecule has 2 rings (SSSR count). The van der Waals surface area contributed by atoms with E-state index in [1.165, 1.54) is 50.0 Å². The Hall–Kier alpha value is -2.06. The molecule has 6 nitrogen and oxygen atoms in total. The fourth-order valence-corrected chi connectivity index (χ4v) is 3.30. The lowest BCUT2D eigenvalue weighted by molar-refractivity contribution is 0.354. The van der Waals surface area contributed by atoms with E-state index in [0.29, 0.717) is 11.5 Å². The molecule has 0 aliphatic carbocycles. The molecule has 0 radical (unpaired) electrons. The summed E-state index contributed by atoms with van der Waals surface area (Å²) < 4.78 is 34.6. The maximum Gasteiger partial charge on any atom is 0.276 e. The quantitative estimate of drug-likeness (QED) is 0.647. The van der Waals surface area contributed by atoms with Crippen molar-refractivity contribution in [2.75, 3.05) is 14.2 Å². The average Bonchev–Trinajstić information content (AvgIpc) is 2.91. The number of hydrazone groups is 1. The highest BCUT2D eigenvalue weighted by Gasteiger charge is 2.16. The van der Waals surface area contributed by atoms with E-state index in [1.54, 1.807) is 0 Å². The smallest absolute Gasteiger partial charge is 0.276 e. The molecule has 1 N–H and O–H groups in total. The van der Waals surface area contributed by atoms with Gasteiger partial charge in [0.25, 0.3) is 10.0 Å². The molecule has 1 heterocycles. The molecule has 0 amide bonds. The minimum Gasteiger partial charge on any atom is -0.493 e. The topological polar surface area (TPSA) is 77.0 Å². The third-order valence-corrected chi connectivity index (χ3v) is 5.10. The molecule has 22 heavy (non-hydrogen) atoms. The Balaban J connectivity index is 2.20. The van der Waals surface area contributed by atoms with Crippen LogP contribution in [-0.4, -0.2) is 28.9 Å². The predicted molar refractivity (Wildman–Crippen MR) is 86.5 cm³/mol. The first-order chi connectivity index (χ1) is 10.5. The largest absolute Gasteiger partial charge is 0.493 e. The van der Waals surface area contributed by atoms with Crippen LogP contribution < -0.4 is 14.3 Å². The summed E-state index contributed by atoms with van der Waals surface area (Å²) in [4.78, 5) is 3.13. The van der Waals surface area contributed by atoms with Crippen molar-refractivity contribution in [1.82, 2.24) is 4.83 Å². The molecule has 1 aromatic heterocycles. The lowest BCUT2D eigenvalue weighted by atomic mass is 10.3. The number of benzene rings is 1. The lowest BCUT2D eigenvalue weighted by Crippen LogP contribution is -2.18. The highest BCUT2D eigenvalue weighted by molar-refractivity contribution is 7.89. The van der Waals surface area contributed by atoms with Gasteiger partial charge < -0.3 is 9.47 Å². The zero-order chi connectivity index (χ0) is 16.2. The number of rotatable bonds is 6. The van der Waals surface area contributed by atoms with Crippen LogP contribution in [0.15, 0.2) is 39.6 Å². The Morgan fingerprint density at radius 3 is 2.50 bits per heavy atom. The van der Waals surface area contributed by atoms with Gasteiger partial charge in [-0.1, -0.05) is 0 Å². The summed E-state index contributed by atoms with van der Waals surface area (Å²) in [5.41, 5.74) is 1.04. The van der Waals surface area contributed by atoms with E-state index in [2.05, 4.69) is 9.93 Å². The van der Waals surface area contributed by atoms with Gasteiger partial charge in [0.05, 0.1) is 30.2 Å². The summed E-state index contributed by atoms with van der Waals surface area (Å²) in [6.45, 7) is 1.93. The van der Waals surface area contributed by atoms with E-state index in [1.807, 2.05) is 18.4 Å². The van der Waals surface area contributed by atoms with E-state index in [4.69, 9.17) is 9.47 Å². The summed E-state index contributed by atoms with van der Waals surface area (Å²) in [5.74, 6) is 0.794. The fourth-order valence-electron chi connectivity index (χ4n) is 1.71. The Morgan fingerprint density at radius 2 is 1.91 bits per heavy atom. The van der Waals surface area contributed by atoms with Gasteiger partial charge in [0, 0.05) is 6.07 Å². The van der Waals surface area contributed by atoms with Crippen LogP contribution in [0.4, 0.5) is 0 Å². The monoisotopic (exact) mass is 340 g/mol. The molecule has 0 bridgehead atoms. The van der Waals surface area contributed by atoms with Crippen LogP contribution in [0.1, 0.15) is 10.4 Å². The second-order valence-corrected chi connectivity index (χ2v) is 6.95. The van der Waals surface area contributed by atoms with Crippen molar-refractivity contribution in [3.8, 4) is 11.5 Å². The molecule has 2 aromatic rings. The highest BCUT2D eigenvalue weighted by atomic mass is 32.2. The molecule has 0 saturated heterocycles. The standard InChI is InChI=1S/C14H16N2O4S2/c1-10-6-7-21-14(10)9-15-16-22(17,18)11-4-5-12(19-2)13(8-11)20-3/h4-9,16H,1-3H3/b15-9+. The number of thiophene rings is 1. The third-order valence-electron chi connectivity index (χ3n) is 2.92. The first kappa shape index (κ1) is 16.3. The number of methoxy groups -OCH3 is 2. The van der Waals surface area contributed by atoms with Crippen molar-refractivity contribution in [2.24, 2.45) is 5.10 Å². The van der Waals surface area contributed by atoms with Gasteiger partial charge in [0.15, 0.2) is 11.5 Å². The van der Waals surface area contributed by atoms with Crippen molar-refractivity contribution in [3.05, 3.63) is 40.1 Å². The third kappa shape index (κ3) is 3.58. The first-order valence-corrected chi connectivity index (χ1v) is 8.65. The highest BCUT2D eigenvalue weighted by Crippen LogP contribution is 2.29. The Bertz CT molecular complexity index is 782. The van der Waals surface area contributed by atoms with Gasteiger partial charge in [-0.3, -0.25) is 0 Å². The fraction of sp³-hybridized carbons (Fsp3) is 0.214. The van der Waals surface area contributed by atoms with Crippen molar-refractivity contribution < 1.29 is 17.9 Å². The van der Waals surface area contributed by atoms with E-state index in [-0.39, 0.29) is 4.90 Å². The Labute approximate surface area is 133 Å². The summed E-state index contributed by atoms with van der Waals surface area (Å²) >= 11 is 1.49. The van der Waals surface area contributed by atoms with E-state index >= 15 is 0 Å². The molecule has 0 fully saturated rings. The zero-order valence-electron chi connectivity index (χ0n) is 12.4. The molecular weight excluding hydrogens is 324 g/mol. The van der Waals surface area contributed by atoms with E-state index in [0.717, 1.165) is 10.4 Å². The molecule has 0 saturated carbocycles. The Kier molecular flexibility index (Phi) is 5.04. The number of nitrogens with zero attached hydrogens (tertiary/aromatic N) is 1. The number of nitrogens with one attached hydrogen (secondary N) is 1. The molecular formula is C14H16N2O4S2. The second-order valence-electron chi connectivity index (χ2n) is 4.34. The average molecular weight is 340 g/mol. The summed E-state index contributed by atoms with van der Waals surface area (Å²) in [5, 5.41) is 5.71. The van der Waals surface area contributed by atoms with Crippen LogP contribution in [-0.2, 0) is 10.0 Å². The maximum atomic E-state index is 12.2. The van der Waals surface area contributed by atoms with Crippen LogP contribution in [0.3, 0.4) is 0 Å². The van der Waals surface area contributed by atoms with Crippen molar-refractivity contribution in [3.63, 3.8) is 0 Å². The summed E-state index contributed by atoms with van der Waals surface area (Å²) in [6.07, 6.45) is 1.48. The SMILES string of the molecule is COc1ccc(S(=O)(=O)N/N=C/c2sccc2C)cc1OC. The molecule has 8 heteroatoms. The Morgan fingerprint density at radius 1 is 1.18 bits per heavy atom. The lowest BCUT2D eigenvalue weighted by Gasteiger charge is -2.09. The van der Waals surface area contributed by atoms with E-state index < -0.39 is 10.0 Å². The van der Waals surface area contributed by atoms with Crippen molar-refractivity contribution in [2.45, 2.75) is 11.8 Å². The molecule has 118 valence electrons. The summed E-state index contributed by atoms with van der Waals surface area (Å²) in [6, 6.07) is 6.28. The molecule has 0 aliphatic heterocycles. The van der Waals surface area contributed by atoms with Gasteiger partial charge in [-0.25, -0.2) is 4.83 Å². The van der Waals surface area contributed by atoms with Gasteiger partial charge in [-0.15, -0.1) is 11.3 Å². The van der Waals surface area contributed by atoms with Crippen LogP contribution in [0.25, 0.3) is 0 Å². The van der Waals surface area contributed by atoms with Crippen molar-refractivity contribution >= 4 is 27.6 Å². The number of ether oxygens (including phenoxy) is 2. The van der Waals surface area contributed by atoms with Crippen LogP contribution in [0, 0.1) is 6.92 Å². The minimum atomic E-state index is -3.76. The molecule has 0 aliphatic rings. The van der Waals surface area contributed by atoms with Gasteiger partial charge in [-0.05, 0) is 36.1 Å². The van der Waals surface area contributed by atoms with Gasteiger partial charge in [-0.2, -0.15) is 13.5 Å². The molecule has 1 aromatic carbocycles. The molecule has 0 atom stereocenters. The van der Waals surface area contributed by atoms with Crippen LogP contribution >= 0.6 is 11.3 Å². The number of sulfonamides is 1. The summed E-state index contributed by atoms with van der Waals surface area (Å²) in [7, 11) is -0.835. The number of hydrogen-bond donors (Lipinski definition) is 1. The van der Waals surface area contributed by atoms with Crippen molar-refractivity contribution in [1.29, 1.82) is 0 Å². The maximum absolute atomic E-state index is 12.2. The number of aryl methyl sites for hydroxylation is 1. The molecule has 0 spiro atoms. The normalized spacial score (nSPS) is 11.6. The van der Waals surface area contributed by atoms with Crippen LogP contribution in [0.2, 0.25) is 0 Å². The van der Waals surface area contributed by atoms with E-state index in [9.17, 15) is 8.42 Å². The second kappa shape index (κ2) is 6.80. The first-order valence-electron chi connectivity index (χ1n) is 6.29. The predicted octanol–water partition coefficient (Wildman–Crippen LogP) is 2.39. The van der Waals surface area contributed by atoms with Gasteiger partial charge >= 0.3 is 0 Å².